The number of amides is 2. The fourth-order valence-corrected chi connectivity index (χ4v) is 3.53. The van der Waals surface area contributed by atoms with Crippen LogP contribution in [0.2, 0.25) is 0 Å². The van der Waals surface area contributed by atoms with Gasteiger partial charge in [-0.15, -0.1) is 0 Å². The van der Waals surface area contributed by atoms with Crippen LogP contribution in [0.25, 0.3) is 0 Å². The van der Waals surface area contributed by atoms with Gasteiger partial charge in [-0.1, -0.05) is 6.07 Å². The first-order chi connectivity index (χ1) is 14.3. The van der Waals surface area contributed by atoms with Crippen LogP contribution in [0.3, 0.4) is 0 Å². The van der Waals surface area contributed by atoms with Gasteiger partial charge in [-0.2, -0.15) is 0 Å². The lowest BCUT2D eigenvalue weighted by atomic mass is 9.95. The molecule has 2 amide bonds. The van der Waals surface area contributed by atoms with Crippen LogP contribution in [0.1, 0.15) is 44.7 Å². The van der Waals surface area contributed by atoms with Gasteiger partial charge in [0.1, 0.15) is 5.60 Å². The molecule has 7 nitrogen and oxygen atoms in total. The molecule has 0 atom stereocenters. The van der Waals surface area contributed by atoms with E-state index < -0.39 is 5.60 Å². The zero-order chi connectivity index (χ0) is 21.6. The van der Waals surface area contributed by atoms with E-state index >= 15 is 0 Å². The molecule has 3 rings (SSSR count). The van der Waals surface area contributed by atoms with E-state index in [-0.39, 0.29) is 17.9 Å². The SMILES string of the molecule is CC(C)(C)OC(=O)N1CCC(C(=O)N(Cc2ccncc2)Cc2cccnc2)CC1. The lowest BCUT2D eigenvalue weighted by Crippen LogP contribution is -2.45. The van der Waals surface area contributed by atoms with Gasteiger partial charge in [0, 0.05) is 56.9 Å². The quantitative estimate of drug-likeness (QED) is 0.752. The monoisotopic (exact) mass is 410 g/mol. The first-order valence-corrected chi connectivity index (χ1v) is 10.4. The maximum Gasteiger partial charge on any atom is 0.410 e. The van der Waals surface area contributed by atoms with E-state index in [0.717, 1.165) is 11.1 Å². The number of carbonyl (C=O) groups is 2. The second-order valence-electron chi connectivity index (χ2n) is 8.65. The van der Waals surface area contributed by atoms with Gasteiger partial charge in [0.2, 0.25) is 5.91 Å². The molecule has 0 N–H and O–H groups in total. The Labute approximate surface area is 178 Å². The van der Waals surface area contributed by atoms with Crippen LogP contribution in [0.4, 0.5) is 4.79 Å². The van der Waals surface area contributed by atoms with Crippen molar-refractivity contribution in [3.63, 3.8) is 0 Å². The number of piperidine rings is 1. The summed E-state index contributed by atoms with van der Waals surface area (Å²) in [4.78, 5) is 37.5. The van der Waals surface area contributed by atoms with Crippen molar-refractivity contribution in [1.29, 1.82) is 0 Å². The van der Waals surface area contributed by atoms with Crippen LogP contribution in [-0.4, -0.2) is 50.5 Å². The van der Waals surface area contributed by atoms with Crippen LogP contribution in [-0.2, 0) is 22.6 Å². The van der Waals surface area contributed by atoms with Gasteiger partial charge in [-0.25, -0.2) is 4.79 Å². The van der Waals surface area contributed by atoms with Crippen molar-refractivity contribution in [2.24, 2.45) is 5.92 Å². The number of nitrogens with zero attached hydrogens (tertiary/aromatic N) is 4. The van der Waals surface area contributed by atoms with E-state index in [1.165, 1.54) is 0 Å². The third-order valence-electron chi connectivity index (χ3n) is 5.03. The fraction of sp³-hybridized carbons (Fsp3) is 0.478. The van der Waals surface area contributed by atoms with Gasteiger partial charge >= 0.3 is 6.09 Å². The van der Waals surface area contributed by atoms with Crippen molar-refractivity contribution in [2.75, 3.05) is 13.1 Å². The summed E-state index contributed by atoms with van der Waals surface area (Å²) in [6.45, 7) is 7.65. The number of ether oxygens (including phenoxy) is 1. The lowest BCUT2D eigenvalue weighted by molar-refractivity contribution is -0.138. The standard InChI is InChI=1S/C23H30N4O3/c1-23(2,3)30-22(29)26-13-8-20(9-14-26)21(28)27(16-18-6-11-24-12-7-18)17-19-5-4-10-25-15-19/h4-7,10-12,15,20H,8-9,13-14,16-17H2,1-3H3. The summed E-state index contributed by atoms with van der Waals surface area (Å²) in [5.74, 6) is 0.00157. The Bertz CT molecular complexity index is 787. The summed E-state index contributed by atoms with van der Waals surface area (Å²) in [7, 11) is 0. The minimum atomic E-state index is -0.519. The first kappa shape index (κ1) is 21.7. The first-order valence-electron chi connectivity index (χ1n) is 10.4. The Hall–Kier alpha value is -2.96. The Kier molecular flexibility index (Phi) is 7.03. The molecule has 0 bridgehead atoms. The molecule has 0 aliphatic carbocycles. The molecule has 0 saturated carbocycles. The summed E-state index contributed by atoms with van der Waals surface area (Å²) in [6, 6.07) is 7.71. The highest BCUT2D eigenvalue weighted by molar-refractivity contribution is 5.79. The third kappa shape index (κ3) is 6.27. The highest BCUT2D eigenvalue weighted by atomic mass is 16.6. The van der Waals surface area contributed by atoms with E-state index in [9.17, 15) is 9.59 Å². The van der Waals surface area contributed by atoms with Crippen LogP contribution in [0.5, 0.6) is 0 Å². The molecular formula is C23H30N4O3. The Balaban J connectivity index is 1.65. The summed E-state index contributed by atoms with van der Waals surface area (Å²) in [6.07, 6.45) is 7.96. The maximum absolute atomic E-state index is 13.4. The largest absolute Gasteiger partial charge is 0.444 e. The van der Waals surface area contributed by atoms with Gasteiger partial charge in [0.25, 0.3) is 0 Å². The van der Waals surface area contributed by atoms with E-state index in [4.69, 9.17) is 4.74 Å². The summed E-state index contributed by atoms with van der Waals surface area (Å²) in [5, 5.41) is 0. The predicted octanol–water partition coefficient (Wildman–Crippen LogP) is 3.65. The highest BCUT2D eigenvalue weighted by Gasteiger charge is 2.32. The summed E-state index contributed by atoms with van der Waals surface area (Å²) in [5.41, 5.74) is 1.51. The number of hydrogen-bond acceptors (Lipinski definition) is 5. The van der Waals surface area contributed by atoms with Crippen LogP contribution in [0.15, 0.2) is 49.1 Å². The average Bonchev–Trinajstić information content (AvgIpc) is 2.73. The van der Waals surface area contributed by atoms with Gasteiger partial charge in [-0.3, -0.25) is 14.8 Å². The van der Waals surface area contributed by atoms with E-state index in [2.05, 4.69) is 9.97 Å². The molecule has 0 unspecified atom stereocenters. The molecule has 2 aromatic rings. The number of likely N-dealkylation sites (tertiary alicyclic amines) is 1. The number of hydrogen-bond donors (Lipinski definition) is 0. The molecule has 160 valence electrons. The minimum Gasteiger partial charge on any atom is -0.444 e. The number of carbonyl (C=O) groups excluding carboxylic acids is 2. The smallest absolute Gasteiger partial charge is 0.410 e. The second-order valence-corrected chi connectivity index (χ2v) is 8.65. The molecule has 30 heavy (non-hydrogen) atoms. The summed E-state index contributed by atoms with van der Waals surface area (Å²) < 4.78 is 5.46. The number of aromatic nitrogens is 2. The molecular weight excluding hydrogens is 380 g/mol. The molecule has 0 aromatic carbocycles. The maximum atomic E-state index is 13.4. The van der Waals surface area contributed by atoms with Gasteiger partial charge in [-0.05, 0) is 62.9 Å². The van der Waals surface area contributed by atoms with Crippen LogP contribution in [0, 0.1) is 5.92 Å². The molecule has 1 fully saturated rings. The average molecular weight is 411 g/mol. The minimum absolute atomic E-state index is 0.109. The van der Waals surface area contributed by atoms with E-state index in [1.807, 2.05) is 49.9 Å². The van der Waals surface area contributed by atoms with E-state index in [0.29, 0.717) is 39.0 Å². The van der Waals surface area contributed by atoms with Crippen molar-refractivity contribution in [1.82, 2.24) is 19.8 Å². The molecule has 3 heterocycles. The summed E-state index contributed by atoms with van der Waals surface area (Å²) >= 11 is 0. The zero-order valence-corrected chi connectivity index (χ0v) is 18.0. The van der Waals surface area contributed by atoms with Gasteiger partial charge in [0.05, 0.1) is 0 Å². The molecule has 1 aliphatic rings. The Morgan fingerprint density at radius 1 is 1.03 bits per heavy atom. The highest BCUT2D eigenvalue weighted by Crippen LogP contribution is 2.23. The topological polar surface area (TPSA) is 75.6 Å². The lowest BCUT2D eigenvalue weighted by Gasteiger charge is -2.35. The third-order valence-corrected chi connectivity index (χ3v) is 5.03. The van der Waals surface area contributed by atoms with Gasteiger partial charge < -0.3 is 14.5 Å². The molecule has 0 spiro atoms. The fourth-order valence-electron chi connectivity index (χ4n) is 3.53. The van der Waals surface area contributed by atoms with Crippen LogP contribution >= 0.6 is 0 Å². The molecule has 7 heteroatoms. The molecule has 2 aromatic heterocycles. The van der Waals surface area contributed by atoms with Crippen molar-refractivity contribution >= 4 is 12.0 Å². The zero-order valence-electron chi connectivity index (χ0n) is 18.0. The van der Waals surface area contributed by atoms with Crippen molar-refractivity contribution in [3.8, 4) is 0 Å². The van der Waals surface area contributed by atoms with Crippen LogP contribution < -0.4 is 0 Å². The van der Waals surface area contributed by atoms with Crippen molar-refractivity contribution < 1.29 is 14.3 Å². The van der Waals surface area contributed by atoms with Crippen molar-refractivity contribution in [2.45, 2.75) is 52.3 Å². The molecule has 0 radical (unpaired) electrons. The second kappa shape index (κ2) is 9.69. The Morgan fingerprint density at radius 2 is 1.70 bits per heavy atom. The normalized spacial score (nSPS) is 15.0. The predicted molar refractivity (Wildman–Crippen MR) is 113 cm³/mol. The van der Waals surface area contributed by atoms with Gasteiger partial charge in [0.15, 0.2) is 0 Å². The Morgan fingerprint density at radius 3 is 2.30 bits per heavy atom. The molecule has 1 saturated heterocycles. The van der Waals surface area contributed by atoms with Crippen molar-refractivity contribution in [3.05, 3.63) is 60.2 Å². The van der Waals surface area contributed by atoms with E-state index in [1.54, 1.807) is 29.7 Å². The number of rotatable bonds is 5. The number of pyridine rings is 2. The molecule has 1 aliphatic heterocycles.